The zero-order chi connectivity index (χ0) is 14.5. The van der Waals surface area contributed by atoms with Crippen molar-refractivity contribution in [2.45, 2.75) is 33.3 Å². The molecule has 1 heterocycles. The van der Waals surface area contributed by atoms with Crippen LogP contribution in [0.1, 0.15) is 32.5 Å². The van der Waals surface area contributed by atoms with Crippen LogP contribution in [0.15, 0.2) is 6.07 Å². The minimum absolute atomic E-state index is 0.447. The smallest absolute Gasteiger partial charge is 0.158 e. The molecule has 20 heavy (non-hydrogen) atoms. The molecule has 1 aliphatic rings. The van der Waals surface area contributed by atoms with E-state index in [9.17, 15) is 0 Å². The highest BCUT2D eigenvalue weighted by Gasteiger charge is 2.33. The fourth-order valence-electron chi connectivity index (χ4n) is 2.31. The molecule has 0 aliphatic heterocycles. The van der Waals surface area contributed by atoms with E-state index in [1.165, 1.54) is 6.42 Å². The van der Waals surface area contributed by atoms with Crippen molar-refractivity contribution in [1.29, 1.82) is 0 Å². The van der Waals surface area contributed by atoms with E-state index in [0.717, 1.165) is 48.8 Å². The maximum absolute atomic E-state index is 5.16. The first kappa shape index (κ1) is 15.0. The number of nitrogens with one attached hydrogen (secondary N) is 1. The minimum atomic E-state index is 0.447. The van der Waals surface area contributed by atoms with Gasteiger partial charge in [-0.15, -0.1) is 0 Å². The molecule has 2 unspecified atom stereocenters. The largest absolute Gasteiger partial charge is 0.377 e. The average molecular weight is 278 g/mol. The maximum Gasteiger partial charge on any atom is 0.158 e. The molecule has 112 valence electrons. The van der Waals surface area contributed by atoms with Gasteiger partial charge >= 0.3 is 0 Å². The number of ether oxygens (including phenoxy) is 1. The molecule has 1 aromatic rings. The monoisotopic (exact) mass is 278 g/mol. The molecule has 1 aliphatic carbocycles. The summed E-state index contributed by atoms with van der Waals surface area (Å²) in [6.07, 6.45) is 2.41. The molecule has 0 aromatic carbocycles. The predicted octanol–water partition coefficient (Wildman–Crippen LogP) is 2.54. The average Bonchev–Trinajstić information content (AvgIpc) is 3.12. The van der Waals surface area contributed by atoms with Crippen LogP contribution in [0, 0.1) is 11.8 Å². The molecular weight excluding hydrogens is 252 g/mol. The van der Waals surface area contributed by atoms with Gasteiger partial charge in [-0.3, -0.25) is 0 Å². The van der Waals surface area contributed by atoms with Crippen molar-refractivity contribution < 1.29 is 4.74 Å². The summed E-state index contributed by atoms with van der Waals surface area (Å²) in [4.78, 5) is 11.3. The van der Waals surface area contributed by atoms with Gasteiger partial charge in [0.15, 0.2) is 5.82 Å². The van der Waals surface area contributed by atoms with E-state index in [-0.39, 0.29) is 0 Å². The van der Waals surface area contributed by atoms with Crippen LogP contribution >= 0.6 is 0 Å². The van der Waals surface area contributed by atoms with Crippen molar-refractivity contribution in [1.82, 2.24) is 9.97 Å². The Morgan fingerprint density at radius 2 is 2.20 bits per heavy atom. The third-order valence-corrected chi connectivity index (χ3v) is 3.76. The van der Waals surface area contributed by atoms with Gasteiger partial charge in [0.05, 0.1) is 0 Å². The Bertz CT molecular complexity index is 438. The molecule has 1 N–H and O–H groups in total. The van der Waals surface area contributed by atoms with Gasteiger partial charge in [-0.1, -0.05) is 13.8 Å². The van der Waals surface area contributed by atoms with Gasteiger partial charge in [-0.2, -0.15) is 0 Å². The lowest BCUT2D eigenvalue weighted by atomic mass is 10.3. The number of aromatic nitrogens is 2. The van der Waals surface area contributed by atoms with Crippen molar-refractivity contribution in [3.8, 4) is 0 Å². The Kier molecular flexibility index (Phi) is 5.17. The van der Waals surface area contributed by atoms with Crippen LogP contribution in [0.4, 0.5) is 11.6 Å². The van der Waals surface area contributed by atoms with E-state index in [4.69, 9.17) is 4.74 Å². The second kappa shape index (κ2) is 6.88. The molecular formula is C15H26N4O. The number of rotatable bonds is 8. The molecule has 0 bridgehead atoms. The van der Waals surface area contributed by atoms with Crippen LogP contribution in [0.25, 0.3) is 0 Å². The fourth-order valence-corrected chi connectivity index (χ4v) is 2.31. The summed E-state index contributed by atoms with van der Waals surface area (Å²) in [6.45, 7) is 6.89. The van der Waals surface area contributed by atoms with Gasteiger partial charge in [0.25, 0.3) is 0 Å². The Hall–Kier alpha value is -1.36. The van der Waals surface area contributed by atoms with Gasteiger partial charge < -0.3 is 15.0 Å². The molecule has 1 fully saturated rings. The summed E-state index contributed by atoms with van der Waals surface area (Å²) in [5, 5.41) is 3.33. The zero-order valence-electron chi connectivity index (χ0n) is 13.0. The summed E-state index contributed by atoms with van der Waals surface area (Å²) in [7, 11) is 3.78. The molecule has 0 spiro atoms. The number of hydrogen-bond acceptors (Lipinski definition) is 5. The quantitative estimate of drug-likeness (QED) is 0.792. The van der Waals surface area contributed by atoms with Crippen LogP contribution < -0.4 is 10.2 Å². The summed E-state index contributed by atoms with van der Waals surface area (Å²) in [6, 6.07) is 2.03. The van der Waals surface area contributed by atoms with Crippen molar-refractivity contribution in [3.05, 3.63) is 11.9 Å². The van der Waals surface area contributed by atoms with E-state index in [1.807, 2.05) is 6.07 Å². The molecule has 1 saturated carbocycles. The summed E-state index contributed by atoms with van der Waals surface area (Å²) in [5.41, 5.74) is 0. The highest BCUT2D eigenvalue weighted by atomic mass is 16.5. The standard InChI is InChI=1S/C15H26N4O/c1-5-6-16-13-8-15(18-14(17-13)10-20-4)19(3)9-12-7-11(12)2/h8,11-12H,5-7,9-10H2,1-4H3,(H,16,17,18). The zero-order valence-corrected chi connectivity index (χ0v) is 13.0. The maximum atomic E-state index is 5.16. The normalized spacial score (nSPS) is 20.8. The van der Waals surface area contributed by atoms with E-state index >= 15 is 0 Å². The lowest BCUT2D eigenvalue weighted by Gasteiger charge is -2.19. The summed E-state index contributed by atoms with van der Waals surface area (Å²) in [5.74, 6) is 4.27. The van der Waals surface area contributed by atoms with E-state index in [0.29, 0.717) is 6.61 Å². The van der Waals surface area contributed by atoms with Gasteiger partial charge in [0, 0.05) is 33.3 Å². The molecule has 2 atom stereocenters. The molecule has 2 rings (SSSR count). The van der Waals surface area contributed by atoms with Crippen molar-refractivity contribution >= 4 is 11.6 Å². The van der Waals surface area contributed by atoms with Gasteiger partial charge in [-0.05, 0) is 24.7 Å². The Balaban J connectivity index is 2.09. The van der Waals surface area contributed by atoms with Crippen LogP contribution in [0.2, 0.25) is 0 Å². The molecule has 0 amide bonds. The highest BCUT2D eigenvalue weighted by molar-refractivity contribution is 5.49. The van der Waals surface area contributed by atoms with Crippen LogP contribution in [0.3, 0.4) is 0 Å². The number of nitrogens with zero attached hydrogens (tertiary/aromatic N) is 3. The second-order valence-corrected chi connectivity index (χ2v) is 5.74. The topological polar surface area (TPSA) is 50.3 Å². The number of anilines is 2. The van der Waals surface area contributed by atoms with Gasteiger partial charge in [-0.25, -0.2) is 9.97 Å². The molecule has 5 heteroatoms. The minimum Gasteiger partial charge on any atom is -0.377 e. The van der Waals surface area contributed by atoms with Crippen LogP contribution in [-0.4, -0.2) is 37.2 Å². The van der Waals surface area contributed by atoms with Crippen molar-refractivity contribution in [3.63, 3.8) is 0 Å². The number of methoxy groups -OCH3 is 1. The van der Waals surface area contributed by atoms with Crippen LogP contribution in [-0.2, 0) is 11.3 Å². The Morgan fingerprint density at radius 3 is 2.80 bits per heavy atom. The Labute approximate surface area is 121 Å². The summed E-state index contributed by atoms with van der Waals surface area (Å²) < 4.78 is 5.16. The lowest BCUT2D eigenvalue weighted by molar-refractivity contribution is 0.178. The van der Waals surface area contributed by atoms with E-state index in [2.05, 4.69) is 41.1 Å². The first-order valence-electron chi connectivity index (χ1n) is 7.46. The van der Waals surface area contributed by atoms with Crippen molar-refractivity contribution in [2.24, 2.45) is 11.8 Å². The fraction of sp³-hybridized carbons (Fsp3) is 0.733. The molecule has 5 nitrogen and oxygen atoms in total. The van der Waals surface area contributed by atoms with E-state index < -0.39 is 0 Å². The lowest BCUT2D eigenvalue weighted by Crippen LogP contribution is -2.23. The third kappa shape index (κ3) is 4.07. The Morgan fingerprint density at radius 1 is 1.45 bits per heavy atom. The highest BCUT2D eigenvalue weighted by Crippen LogP contribution is 2.38. The predicted molar refractivity (Wildman–Crippen MR) is 82.1 cm³/mol. The molecule has 1 aromatic heterocycles. The first-order valence-corrected chi connectivity index (χ1v) is 7.46. The van der Waals surface area contributed by atoms with Crippen LogP contribution in [0.5, 0.6) is 0 Å². The van der Waals surface area contributed by atoms with Gasteiger partial charge in [0.1, 0.15) is 18.2 Å². The SMILES string of the molecule is CCCNc1cc(N(C)CC2CC2C)nc(COC)n1. The van der Waals surface area contributed by atoms with E-state index in [1.54, 1.807) is 7.11 Å². The van der Waals surface area contributed by atoms with Crippen molar-refractivity contribution in [2.75, 3.05) is 37.5 Å². The second-order valence-electron chi connectivity index (χ2n) is 5.74. The number of hydrogen-bond donors (Lipinski definition) is 1. The third-order valence-electron chi connectivity index (χ3n) is 3.76. The van der Waals surface area contributed by atoms with Gasteiger partial charge in [0.2, 0.25) is 0 Å². The first-order chi connectivity index (χ1) is 9.63. The molecule has 0 saturated heterocycles. The molecule has 0 radical (unpaired) electrons. The summed E-state index contributed by atoms with van der Waals surface area (Å²) >= 11 is 0.